The number of halogens is 1. The average Bonchev–Trinajstić information content (AvgIpc) is 3.51. The molecule has 2 aromatic carbocycles. The number of nitrogens with zero attached hydrogens (tertiary/aromatic N) is 4. The van der Waals surface area contributed by atoms with Crippen LogP contribution in [0.2, 0.25) is 5.02 Å². The van der Waals surface area contributed by atoms with Crippen molar-refractivity contribution in [1.29, 1.82) is 5.26 Å². The standard InChI is InChI=1S/C32H31ClN6O4/c1-39(2)12-5-7-31(40)38-28-15-25-27(16-30(28)43-24-10-13-41-20-24)36-18-21(17-34)32(25)37-22-8-9-29(26(33)14-22)42-19-23-6-3-4-11-35-23/h3-9,11,14-16,18,24H,10,12-13,19-20H2,1-2H3,(H,36,37)(H,38,40)/t24-/m1/s1. The first kappa shape index (κ1) is 29.8. The van der Waals surface area contributed by atoms with Crippen molar-refractivity contribution in [1.82, 2.24) is 14.9 Å². The van der Waals surface area contributed by atoms with Crippen LogP contribution in [-0.4, -0.2) is 60.7 Å². The van der Waals surface area contributed by atoms with Gasteiger partial charge >= 0.3 is 0 Å². The van der Waals surface area contributed by atoms with Gasteiger partial charge in [-0.2, -0.15) is 5.26 Å². The molecule has 10 nitrogen and oxygen atoms in total. The van der Waals surface area contributed by atoms with Crippen LogP contribution < -0.4 is 20.1 Å². The fourth-order valence-corrected chi connectivity index (χ4v) is 4.68. The van der Waals surface area contributed by atoms with E-state index in [4.69, 9.17) is 25.8 Å². The van der Waals surface area contributed by atoms with E-state index in [1.54, 1.807) is 36.5 Å². The van der Waals surface area contributed by atoms with E-state index < -0.39 is 0 Å². The lowest BCUT2D eigenvalue weighted by Gasteiger charge is -2.19. The number of nitriles is 1. The van der Waals surface area contributed by atoms with Gasteiger partial charge in [-0.3, -0.25) is 14.8 Å². The van der Waals surface area contributed by atoms with Gasteiger partial charge in [-0.25, -0.2) is 0 Å². The first-order valence-corrected chi connectivity index (χ1v) is 14.1. The van der Waals surface area contributed by atoms with Gasteiger partial charge in [0.05, 0.1) is 46.4 Å². The highest BCUT2D eigenvalue weighted by molar-refractivity contribution is 6.32. The Labute approximate surface area is 254 Å². The van der Waals surface area contributed by atoms with Gasteiger partial charge in [0.15, 0.2) is 0 Å². The second kappa shape index (κ2) is 14.0. The highest BCUT2D eigenvalue weighted by Crippen LogP contribution is 2.38. The van der Waals surface area contributed by atoms with Gasteiger partial charge in [0.2, 0.25) is 5.91 Å². The van der Waals surface area contributed by atoms with Crippen LogP contribution in [0.4, 0.5) is 17.1 Å². The number of hydrogen-bond donors (Lipinski definition) is 2. The number of amides is 1. The van der Waals surface area contributed by atoms with Gasteiger partial charge in [-0.05, 0) is 50.5 Å². The molecule has 0 radical (unpaired) electrons. The first-order valence-electron chi connectivity index (χ1n) is 13.7. The summed E-state index contributed by atoms with van der Waals surface area (Å²) in [6.45, 7) is 1.97. The Morgan fingerprint density at radius 2 is 2.09 bits per heavy atom. The van der Waals surface area contributed by atoms with Crippen LogP contribution in [0.3, 0.4) is 0 Å². The number of aromatic nitrogens is 2. The van der Waals surface area contributed by atoms with Gasteiger partial charge in [-0.15, -0.1) is 0 Å². The molecule has 0 bridgehead atoms. The maximum atomic E-state index is 12.8. The van der Waals surface area contributed by atoms with E-state index in [9.17, 15) is 10.1 Å². The maximum Gasteiger partial charge on any atom is 0.248 e. The second-order valence-electron chi connectivity index (χ2n) is 10.2. The Balaban J connectivity index is 1.46. The van der Waals surface area contributed by atoms with Crippen LogP contribution >= 0.6 is 11.6 Å². The number of rotatable bonds is 11. The molecule has 0 spiro atoms. The van der Waals surface area contributed by atoms with E-state index in [0.29, 0.717) is 69.8 Å². The molecule has 5 rings (SSSR count). The molecule has 1 amide bonds. The van der Waals surface area contributed by atoms with Crippen LogP contribution in [0.5, 0.6) is 11.5 Å². The smallest absolute Gasteiger partial charge is 0.248 e. The number of anilines is 3. The van der Waals surface area contributed by atoms with Gasteiger partial charge in [0.25, 0.3) is 0 Å². The van der Waals surface area contributed by atoms with Crippen molar-refractivity contribution in [2.75, 3.05) is 44.5 Å². The molecule has 3 heterocycles. The van der Waals surface area contributed by atoms with Crippen LogP contribution in [0.25, 0.3) is 10.9 Å². The zero-order chi connectivity index (χ0) is 30.2. The lowest BCUT2D eigenvalue weighted by molar-refractivity contribution is -0.111. The van der Waals surface area contributed by atoms with Crippen molar-refractivity contribution in [3.8, 4) is 17.6 Å². The minimum atomic E-state index is -0.305. The lowest BCUT2D eigenvalue weighted by atomic mass is 10.1. The van der Waals surface area contributed by atoms with Gasteiger partial charge < -0.3 is 29.7 Å². The van der Waals surface area contributed by atoms with Crippen molar-refractivity contribution < 1.29 is 19.0 Å². The molecule has 1 atom stereocenters. The quantitative estimate of drug-likeness (QED) is 0.209. The number of likely N-dealkylation sites (N-methyl/N-ethyl adjacent to an activating group) is 1. The number of hydrogen-bond acceptors (Lipinski definition) is 9. The van der Waals surface area contributed by atoms with E-state index in [1.165, 1.54) is 12.3 Å². The molecule has 2 N–H and O–H groups in total. The molecular weight excluding hydrogens is 568 g/mol. The molecule has 220 valence electrons. The summed E-state index contributed by atoms with van der Waals surface area (Å²) in [6, 6.07) is 16.6. The second-order valence-corrected chi connectivity index (χ2v) is 10.6. The van der Waals surface area contributed by atoms with Crippen LogP contribution in [0.15, 0.2) is 73.1 Å². The molecule has 4 aromatic rings. The highest BCUT2D eigenvalue weighted by atomic mass is 35.5. The zero-order valence-electron chi connectivity index (χ0n) is 23.8. The molecule has 1 saturated heterocycles. The molecule has 11 heteroatoms. The summed E-state index contributed by atoms with van der Waals surface area (Å²) in [5.41, 5.74) is 3.29. The number of ether oxygens (including phenoxy) is 3. The van der Waals surface area contributed by atoms with Crippen molar-refractivity contribution in [3.05, 3.63) is 89.4 Å². The Kier molecular flexibility index (Phi) is 9.69. The molecule has 1 fully saturated rings. The molecule has 1 aliphatic heterocycles. The minimum Gasteiger partial charge on any atom is -0.486 e. The fourth-order valence-electron chi connectivity index (χ4n) is 4.44. The summed E-state index contributed by atoms with van der Waals surface area (Å²) in [7, 11) is 3.84. The molecule has 43 heavy (non-hydrogen) atoms. The van der Waals surface area contributed by atoms with E-state index >= 15 is 0 Å². The number of carbonyl (C=O) groups is 1. The molecular formula is C32H31ClN6O4. The largest absolute Gasteiger partial charge is 0.486 e. The molecule has 0 aliphatic carbocycles. The summed E-state index contributed by atoms with van der Waals surface area (Å²) < 4.78 is 17.5. The van der Waals surface area contributed by atoms with E-state index in [-0.39, 0.29) is 18.6 Å². The highest BCUT2D eigenvalue weighted by Gasteiger charge is 2.21. The lowest BCUT2D eigenvalue weighted by Crippen LogP contribution is -2.18. The summed E-state index contributed by atoms with van der Waals surface area (Å²) in [6.07, 6.45) is 7.06. The third-order valence-corrected chi connectivity index (χ3v) is 6.87. The monoisotopic (exact) mass is 598 g/mol. The number of benzene rings is 2. The van der Waals surface area contributed by atoms with E-state index in [0.717, 1.165) is 12.1 Å². The van der Waals surface area contributed by atoms with Crippen LogP contribution in [0.1, 0.15) is 17.7 Å². The number of nitrogens with one attached hydrogen (secondary N) is 2. The predicted octanol–water partition coefficient (Wildman–Crippen LogP) is 5.70. The number of pyridine rings is 2. The van der Waals surface area contributed by atoms with Gasteiger partial charge in [0.1, 0.15) is 30.3 Å². The minimum absolute atomic E-state index is 0.145. The van der Waals surface area contributed by atoms with Crippen molar-refractivity contribution in [2.45, 2.75) is 19.1 Å². The first-order chi connectivity index (χ1) is 20.9. The number of carbonyl (C=O) groups excluding carboxylic acids is 1. The Hall–Kier alpha value is -4.69. The summed E-state index contributed by atoms with van der Waals surface area (Å²) in [4.78, 5) is 23.5. The fraction of sp³-hybridized carbons (Fsp3) is 0.250. The third-order valence-electron chi connectivity index (χ3n) is 6.57. The maximum absolute atomic E-state index is 12.8. The molecule has 0 unspecified atom stereocenters. The summed E-state index contributed by atoms with van der Waals surface area (Å²) in [5, 5.41) is 17.2. The van der Waals surface area contributed by atoms with E-state index in [1.807, 2.05) is 43.3 Å². The zero-order valence-corrected chi connectivity index (χ0v) is 24.6. The normalized spacial score (nSPS) is 14.6. The van der Waals surface area contributed by atoms with Crippen LogP contribution in [-0.2, 0) is 16.1 Å². The Bertz CT molecular complexity index is 1670. The van der Waals surface area contributed by atoms with Crippen molar-refractivity contribution in [2.24, 2.45) is 0 Å². The summed E-state index contributed by atoms with van der Waals surface area (Å²) >= 11 is 6.55. The SMILES string of the molecule is CN(C)CC=CC(=O)Nc1cc2c(Nc3ccc(OCc4ccccn4)c(Cl)c3)c(C#N)cnc2cc1O[C@@H]1CCOC1. The van der Waals surface area contributed by atoms with E-state index in [2.05, 4.69) is 26.7 Å². The number of fused-ring (bicyclic) bond motifs is 1. The predicted molar refractivity (Wildman–Crippen MR) is 166 cm³/mol. The average molecular weight is 599 g/mol. The third kappa shape index (κ3) is 7.78. The molecule has 1 aliphatic rings. The Morgan fingerprint density at radius 3 is 2.81 bits per heavy atom. The topological polar surface area (TPSA) is 122 Å². The Morgan fingerprint density at radius 1 is 1.21 bits per heavy atom. The van der Waals surface area contributed by atoms with Crippen molar-refractivity contribution in [3.63, 3.8) is 0 Å². The molecule has 2 aromatic heterocycles. The van der Waals surface area contributed by atoms with Gasteiger partial charge in [-0.1, -0.05) is 23.7 Å². The summed E-state index contributed by atoms with van der Waals surface area (Å²) in [5.74, 6) is 0.668. The van der Waals surface area contributed by atoms with Crippen LogP contribution in [0, 0.1) is 11.3 Å². The molecule has 0 saturated carbocycles. The van der Waals surface area contributed by atoms with Crippen molar-refractivity contribution >= 4 is 45.5 Å². The van der Waals surface area contributed by atoms with Gasteiger partial charge in [0, 0.05) is 48.6 Å².